The third-order valence-corrected chi connectivity index (χ3v) is 22.9. The zero-order valence-electron chi connectivity index (χ0n) is 64.6. The Morgan fingerprint density at radius 2 is 0.604 bits per heavy atom. The molecule has 0 saturated heterocycles. The van der Waals surface area contributed by atoms with Crippen LogP contribution in [0.4, 0.5) is 0 Å². The summed E-state index contributed by atoms with van der Waals surface area (Å²) in [6.45, 7) is 36.1. The first-order valence-electron chi connectivity index (χ1n) is 40.6. The van der Waals surface area contributed by atoms with E-state index in [4.69, 9.17) is 0 Å². The Labute approximate surface area is 588 Å². The van der Waals surface area contributed by atoms with Gasteiger partial charge in [-0.1, -0.05) is 76.2 Å². The van der Waals surface area contributed by atoms with Crippen LogP contribution in [0.5, 0.6) is 0 Å². The van der Waals surface area contributed by atoms with Gasteiger partial charge in [-0.2, -0.15) is 0 Å². The molecule has 556 valence electrons. The molecule has 0 bridgehead atoms. The van der Waals surface area contributed by atoms with Gasteiger partial charge < -0.3 is 37.2 Å². The van der Waals surface area contributed by atoms with Crippen molar-refractivity contribution in [3.05, 3.63) is 0 Å². The number of carbonyl (C=O) groups is 7. The second-order valence-electron chi connectivity index (χ2n) is 35.1. The lowest BCUT2D eigenvalue weighted by Gasteiger charge is -2.31. The van der Waals surface area contributed by atoms with Crippen LogP contribution in [0.15, 0.2) is 0 Å². The zero-order valence-corrected chi connectivity index (χ0v) is 64.6. The summed E-state index contributed by atoms with van der Waals surface area (Å²) in [7, 11) is 0. The minimum absolute atomic E-state index is 0.0832. The van der Waals surface area contributed by atoms with E-state index >= 15 is 0 Å². The summed E-state index contributed by atoms with van der Waals surface area (Å²) >= 11 is 0. The van der Waals surface area contributed by atoms with Crippen LogP contribution in [0.1, 0.15) is 335 Å². The van der Waals surface area contributed by atoms with Crippen molar-refractivity contribution in [2.45, 2.75) is 353 Å². The molecule has 14 heteroatoms. The number of hydrogen-bond acceptors (Lipinski definition) is 7. The fourth-order valence-electron chi connectivity index (χ4n) is 14.7. The van der Waals surface area contributed by atoms with Gasteiger partial charge in [-0.25, -0.2) is 0 Å². The van der Waals surface area contributed by atoms with E-state index < -0.39 is 0 Å². The number of carbonyl (C=O) groups excluding carboxylic acids is 7. The highest BCUT2D eigenvalue weighted by Gasteiger charge is 2.33. The number of rotatable bonds is 17. The van der Waals surface area contributed by atoms with E-state index in [2.05, 4.69) is 113 Å². The van der Waals surface area contributed by atoms with Crippen LogP contribution in [-0.2, 0) is 33.6 Å². The molecular formula is C82H151N7O7. The van der Waals surface area contributed by atoms with Crippen LogP contribution >= 0.6 is 0 Å². The Balaban J connectivity index is 0.000000238. The average Bonchev–Trinajstić information content (AvgIpc) is 1.49. The van der Waals surface area contributed by atoms with Crippen LogP contribution in [-0.4, -0.2) is 85.2 Å². The van der Waals surface area contributed by atoms with E-state index in [1.807, 2.05) is 27.7 Å². The molecule has 0 radical (unpaired) electrons. The van der Waals surface area contributed by atoms with Crippen molar-refractivity contribution in [1.82, 2.24) is 37.2 Å². The standard InChI is InChI=1S/C13H25NO.2C12H21NO.2C12H23NO.C11H19NO.C10H19NO/c1-10(2)8-9-14-13(15)12-6-4-11(3)5-7-12;1-9-2-6-11(7-3-9)12(14)13-8-10-4-5-10;1-9-5-7-10(8-6-9)12(14)13-11-3-2-4-11;1-9-5-7-10(8-6-9)11(14)13-12(2,3)4;1-9(2)8-13-12(14)11-6-4-10(3)5-7-11;1-8-2-4-9(5-3-8)11(13)12-10-6-7-10;1-3-11-10(12)9-6-4-8(2)5-7-9/h10-12H,4-9H2,1-3H3,(H,14,15);2*9-11H,2-8H2,1H3,(H,13,14);9-10H,5-8H2,1-4H3,(H,13,14);9-11H,4-8H2,1-3H3,(H,13,14);8-10H,2-7H2,1H3,(H,12,13);8-9H,3-7H2,1-2H3,(H,11,12). The highest BCUT2D eigenvalue weighted by molar-refractivity contribution is 5.81. The Kier molecular flexibility index (Phi) is 40.5. The number of amides is 7. The van der Waals surface area contributed by atoms with Crippen LogP contribution in [0.2, 0.25) is 0 Å². The Morgan fingerprint density at radius 3 is 0.865 bits per heavy atom. The fourth-order valence-corrected chi connectivity index (χ4v) is 14.7. The molecule has 0 aromatic heterocycles. The van der Waals surface area contributed by atoms with E-state index in [9.17, 15) is 33.6 Å². The van der Waals surface area contributed by atoms with Gasteiger partial charge in [0.25, 0.3) is 0 Å². The first-order valence-corrected chi connectivity index (χ1v) is 40.6. The molecule has 7 N–H and O–H groups in total. The molecule has 0 unspecified atom stereocenters. The van der Waals surface area contributed by atoms with E-state index in [1.165, 1.54) is 135 Å². The lowest BCUT2D eigenvalue weighted by atomic mass is 9.82. The van der Waals surface area contributed by atoms with Crippen molar-refractivity contribution in [2.75, 3.05) is 26.2 Å². The van der Waals surface area contributed by atoms with Crippen molar-refractivity contribution in [2.24, 2.45) is 101 Å². The molecule has 10 saturated carbocycles. The van der Waals surface area contributed by atoms with E-state index in [-0.39, 0.29) is 29.2 Å². The Morgan fingerprint density at radius 1 is 0.323 bits per heavy atom. The van der Waals surface area contributed by atoms with Gasteiger partial charge >= 0.3 is 0 Å². The van der Waals surface area contributed by atoms with Crippen LogP contribution in [0, 0.1) is 101 Å². The van der Waals surface area contributed by atoms with Gasteiger partial charge in [-0.15, -0.1) is 0 Å². The van der Waals surface area contributed by atoms with E-state index in [1.54, 1.807) is 0 Å². The topological polar surface area (TPSA) is 204 Å². The molecule has 0 aliphatic heterocycles. The molecule has 96 heavy (non-hydrogen) atoms. The Hall–Kier alpha value is -3.71. The van der Waals surface area contributed by atoms with Gasteiger partial charge in [-0.3, -0.25) is 33.6 Å². The van der Waals surface area contributed by atoms with Crippen molar-refractivity contribution in [3.63, 3.8) is 0 Å². The predicted molar refractivity (Wildman–Crippen MR) is 397 cm³/mol. The van der Waals surface area contributed by atoms with Gasteiger partial charge in [0, 0.05) is 85.2 Å². The maximum Gasteiger partial charge on any atom is 0.223 e. The summed E-state index contributed by atoms with van der Waals surface area (Å²) in [5, 5.41) is 21.4. The molecule has 10 aliphatic rings. The average molecular weight is 1350 g/mol. The van der Waals surface area contributed by atoms with Crippen LogP contribution in [0.25, 0.3) is 0 Å². The maximum atomic E-state index is 11.8. The molecule has 7 amide bonds. The maximum absolute atomic E-state index is 11.8. The van der Waals surface area contributed by atoms with Crippen molar-refractivity contribution >= 4 is 41.4 Å². The molecule has 14 nitrogen and oxygen atoms in total. The summed E-state index contributed by atoms with van der Waals surface area (Å²) < 4.78 is 0. The number of nitrogens with one attached hydrogen (secondary N) is 7. The molecule has 10 fully saturated rings. The van der Waals surface area contributed by atoms with Crippen LogP contribution < -0.4 is 37.2 Å². The van der Waals surface area contributed by atoms with Gasteiger partial charge in [0.1, 0.15) is 0 Å². The third-order valence-electron chi connectivity index (χ3n) is 22.9. The lowest BCUT2D eigenvalue weighted by Crippen LogP contribution is -2.44. The minimum Gasteiger partial charge on any atom is -0.356 e. The summed E-state index contributed by atoms with van der Waals surface area (Å²) in [6.07, 6.45) is 42.4. The highest BCUT2D eigenvalue weighted by Crippen LogP contribution is 2.35. The Bertz CT molecular complexity index is 2130. The monoisotopic (exact) mass is 1350 g/mol. The number of hydrogen-bond donors (Lipinski definition) is 7. The summed E-state index contributed by atoms with van der Waals surface area (Å²) in [6, 6.07) is 1.05. The first-order chi connectivity index (χ1) is 45.6. The minimum atomic E-state index is -0.0832. The molecule has 0 aromatic rings. The van der Waals surface area contributed by atoms with Gasteiger partial charge in [0.15, 0.2) is 0 Å². The second-order valence-corrected chi connectivity index (χ2v) is 35.1. The predicted octanol–water partition coefficient (Wildman–Crippen LogP) is 17.1. The molecule has 0 atom stereocenters. The third kappa shape index (κ3) is 37.6. The normalized spacial score (nSPS) is 30.4. The second kappa shape index (κ2) is 45.9. The zero-order chi connectivity index (χ0) is 70.7. The lowest BCUT2D eigenvalue weighted by molar-refractivity contribution is -0.128. The molecular weight excluding hydrogens is 1190 g/mol. The van der Waals surface area contributed by atoms with Gasteiger partial charge in [0.2, 0.25) is 41.4 Å². The molecule has 10 aliphatic carbocycles. The van der Waals surface area contributed by atoms with Crippen LogP contribution in [0.3, 0.4) is 0 Å². The molecule has 0 spiro atoms. The van der Waals surface area contributed by atoms with Gasteiger partial charge in [-0.05, 0) is 318 Å². The van der Waals surface area contributed by atoms with E-state index in [0.717, 1.165) is 170 Å². The summed E-state index contributed by atoms with van der Waals surface area (Å²) in [5.74, 6) is 12.1. The summed E-state index contributed by atoms with van der Waals surface area (Å²) in [5.41, 5.74) is -0.0832. The SMILES string of the molecule is CC(C)CCNC(=O)C1CCC(C)CC1.CC(C)CNC(=O)C1CCC(C)CC1.CC1CCC(C(=O)NC(C)(C)C)CC1.CC1CCC(C(=O)NC2CC2)CC1.CC1CCC(C(=O)NC2CCC2)CC1.CC1CCC(C(=O)NCC2CC2)CC1.CCNC(=O)C1CCC(C)CC1. The smallest absolute Gasteiger partial charge is 0.223 e. The molecule has 10 rings (SSSR count). The van der Waals surface area contributed by atoms with Crippen molar-refractivity contribution in [3.8, 4) is 0 Å². The van der Waals surface area contributed by atoms with Gasteiger partial charge in [0.05, 0.1) is 0 Å². The van der Waals surface area contributed by atoms with Crippen molar-refractivity contribution < 1.29 is 33.6 Å². The fraction of sp³-hybridized carbons (Fsp3) is 0.915. The molecule has 0 aromatic carbocycles. The van der Waals surface area contributed by atoms with E-state index in [0.29, 0.717) is 83.1 Å². The molecule has 0 heterocycles. The summed E-state index contributed by atoms with van der Waals surface area (Å²) in [4.78, 5) is 81.8. The first kappa shape index (κ1) is 84.7. The highest BCUT2D eigenvalue weighted by atomic mass is 16.2. The largest absolute Gasteiger partial charge is 0.356 e. The quantitative estimate of drug-likeness (QED) is 0.0750. The van der Waals surface area contributed by atoms with Crippen molar-refractivity contribution in [1.29, 1.82) is 0 Å².